The van der Waals surface area contributed by atoms with Crippen LogP contribution in [-0.4, -0.2) is 22.7 Å². The van der Waals surface area contributed by atoms with Crippen LogP contribution in [0.15, 0.2) is 42.5 Å². The molecule has 0 aliphatic heterocycles. The molecule has 5 nitrogen and oxygen atoms in total. The van der Waals surface area contributed by atoms with E-state index in [1.54, 1.807) is 23.9 Å². The van der Waals surface area contributed by atoms with Crippen molar-refractivity contribution in [3.63, 3.8) is 0 Å². The number of ether oxygens (including phenoxy) is 2. The van der Waals surface area contributed by atoms with Crippen LogP contribution in [0.1, 0.15) is 38.4 Å². The predicted molar refractivity (Wildman–Crippen MR) is 120 cm³/mol. The number of hydrogen-bond acceptors (Lipinski definition) is 4. The summed E-state index contributed by atoms with van der Waals surface area (Å²) < 4.78 is 13.1. The van der Waals surface area contributed by atoms with Gasteiger partial charge in [-0.05, 0) is 62.2 Å². The minimum Gasteiger partial charge on any atom is -0.496 e. The minimum atomic E-state index is -0.0712. The standard InChI is InChI=1S/C24H25ClN2O3/c1-15-6-10-23(20(25)12-15)30-14-19-13-18(8-11-22(19)29-5)7-9-21(28)24-16(2)26-27(4)17(24)3/h6-13H,14H2,1-5H3/b9-7+. The number of halogens is 1. The summed E-state index contributed by atoms with van der Waals surface area (Å²) in [6.07, 6.45) is 3.36. The molecular formula is C24H25ClN2O3. The van der Waals surface area contributed by atoms with Crippen LogP contribution >= 0.6 is 11.6 Å². The van der Waals surface area contributed by atoms with E-state index < -0.39 is 0 Å². The smallest absolute Gasteiger partial charge is 0.189 e. The summed E-state index contributed by atoms with van der Waals surface area (Å²) in [7, 11) is 3.45. The van der Waals surface area contributed by atoms with E-state index in [4.69, 9.17) is 21.1 Å². The van der Waals surface area contributed by atoms with E-state index in [0.29, 0.717) is 28.7 Å². The number of carbonyl (C=O) groups is 1. The maximum Gasteiger partial charge on any atom is 0.189 e. The van der Waals surface area contributed by atoms with Crippen molar-refractivity contribution in [2.45, 2.75) is 27.4 Å². The molecule has 0 amide bonds. The Bertz CT molecular complexity index is 1120. The number of allylic oxidation sites excluding steroid dienone is 1. The Morgan fingerprint density at radius 2 is 1.87 bits per heavy atom. The van der Waals surface area contributed by atoms with Crippen LogP contribution in [-0.2, 0) is 13.7 Å². The molecule has 0 N–H and O–H groups in total. The molecule has 3 rings (SSSR count). The van der Waals surface area contributed by atoms with Crippen LogP contribution in [0.2, 0.25) is 5.02 Å². The Balaban J connectivity index is 1.79. The maximum atomic E-state index is 12.7. The van der Waals surface area contributed by atoms with Gasteiger partial charge in [0.1, 0.15) is 18.1 Å². The van der Waals surface area contributed by atoms with Crippen LogP contribution in [0, 0.1) is 20.8 Å². The van der Waals surface area contributed by atoms with E-state index in [1.165, 1.54) is 0 Å². The summed E-state index contributed by atoms with van der Waals surface area (Å²) in [5, 5.41) is 4.87. The molecule has 3 aromatic rings. The van der Waals surface area contributed by atoms with Crippen molar-refractivity contribution in [2.24, 2.45) is 7.05 Å². The molecule has 1 heterocycles. The van der Waals surface area contributed by atoms with Gasteiger partial charge in [-0.3, -0.25) is 9.48 Å². The van der Waals surface area contributed by atoms with E-state index in [2.05, 4.69) is 5.10 Å². The van der Waals surface area contributed by atoms with Crippen molar-refractivity contribution in [3.05, 3.63) is 81.1 Å². The number of hydrogen-bond donors (Lipinski definition) is 0. The van der Waals surface area contributed by atoms with Crippen LogP contribution in [0.5, 0.6) is 11.5 Å². The third kappa shape index (κ3) is 4.74. The van der Waals surface area contributed by atoms with Crippen LogP contribution in [0.25, 0.3) is 6.08 Å². The Hall–Kier alpha value is -3.05. The summed E-state index contributed by atoms with van der Waals surface area (Å²) in [6.45, 7) is 6.00. The summed E-state index contributed by atoms with van der Waals surface area (Å²) in [5.41, 5.74) is 5.01. The molecule has 0 aliphatic rings. The fourth-order valence-corrected chi connectivity index (χ4v) is 3.57. The van der Waals surface area contributed by atoms with E-state index in [1.807, 2.05) is 64.2 Å². The number of aryl methyl sites for hydroxylation is 3. The van der Waals surface area contributed by atoms with Crippen LogP contribution < -0.4 is 9.47 Å². The molecule has 0 bridgehead atoms. The molecule has 30 heavy (non-hydrogen) atoms. The van der Waals surface area contributed by atoms with E-state index >= 15 is 0 Å². The number of nitrogens with zero attached hydrogens (tertiary/aromatic N) is 2. The minimum absolute atomic E-state index is 0.0712. The third-order valence-electron chi connectivity index (χ3n) is 4.96. The quantitative estimate of drug-likeness (QED) is 0.372. The van der Waals surface area contributed by atoms with Crippen LogP contribution in [0.4, 0.5) is 0 Å². The van der Waals surface area contributed by atoms with Crippen molar-refractivity contribution < 1.29 is 14.3 Å². The highest BCUT2D eigenvalue weighted by Crippen LogP contribution is 2.28. The third-order valence-corrected chi connectivity index (χ3v) is 5.25. The van der Waals surface area contributed by atoms with Gasteiger partial charge in [0.05, 0.1) is 23.4 Å². The van der Waals surface area contributed by atoms with Gasteiger partial charge < -0.3 is 9.47 Å². The van der Waals surface area contributed by atoms with Gasteiger partial charge in [-0.25, -0.2) is 0 Å². The number of aromatic nitrogens is 2. The Labute approximate surface area is 181 Å². The Morgan fingerprint density at radius 3 is 2.50 bits per heavy atom. The number of carbonyl (C=O) groups excluding carboxylic acids is 1. The van der Waals surface area contributed by atoms with Gasteiger partial charge in [0.2, 0.25) is 0 Å². The van der Waals surface area contributed by atoms with Gasteiger partial charge >= 0.3 is 0 Å². The zero-order valence-corrected chi connectivity index (χ0v) is 18.6. The number of rotatable bonds is 7. The van der Waals surface area contributed by atoms with Crippen molar-refractivity contribution in [1.82, 2.24) is 9.78 Å². The molecule has 0 saturated carbocycles. The van der Waals surface area contributed by atoms with Gasteiger partial charge in [0.15, 0.2) is 5.78 Å². The lowest BCUT2D eigenvalue weighted by atomic mass is 10.1. The first kappa shape index (κ1) is 21.7. The zero-order chi connectivity index (χ0) is 21.8. The summed E-state index contributed by atoms with van der Waals surface area (Å²) >= 11 is 6.26. The highest BCUT2D eigenvalue weighted by atomic mass is 35.5. The van der Waals surface area contributed by atoms with Crippen LogP contribution in [0.3, 0.4) is 0 Å². The average molecular weight is 425 g/mol. The lowest BCUT2D eigenvalue weighted by Gasteiger charge is -2.12. The van der Waals surface area contributed by atoms with Gasteiger partial charge in [-0.15, -0.1) is 0 Å². The number of ketones is 1. The SMILES string of the molecule is COc1ccc(/C=C/C(=O)c2c(C)nn(C)c2C)cc1COc1ccc(C)cc1Cl. The van der Waals surface area contributed by atoms with E-state index in [-0.39, 0.29) is 5.78 Å². The molecule has 0 atom stereocenters. The first-order valence-corrected chi connectivity index (χ1v) is 9.96. The largest absolute Gasteiger partial charge is 0.496 e. The predicted octanol–water partition coefficient (Wildman–Crippen LogP) is 5.48. The van der Waals surface area contributed by atoms with Crippen molar-refractivity contribution >= 4 is 23.5 Å². The first-order valence-electron chi connectivity index (χ1n) is 9.58. The second kappa shape index (κ2) is 9.18. The van der Waals surface area contributed by atoms with Crippen molar-refractivity contribution in [1.29, 1.82) is 0 Å². The van der Waals surface area contributed by atoms with Crippen molar-refractivity contribution in [2.75, 3.05) is 7.11 Å². The maximum absolute atomic E-state index is 12.7. The fraction of sp³-hybridized carbons (Fsp3) is 0.250. The second-order valence-electron chi connectivity index (χ2n) is 7.16. The van der Waals surface area contributed by atoms with Gasteiger partial charge in [0, 0.05) is 18.3 Å². The molecule has 0 radical (unpaired) electrons. The molecule has 0 spiro atoms. The molecule has 6 heteroatoms. The molecule has 1 aromatic heterocycles. The molecule has 0 fully saturated rings. The molecule has 2 aromatic carbocycles. The van der Waals surface area contributed by atoms with Gasteiger partial charge in [-0.2, -0.15) is 5.10 Å². The molecule has 0 unspecified atom stereocenters. The first-order chi connectivity index (χ1) is 14.3. The normalized spacial score (nSPS) is 11.1. The van der Waals surface area contributed by atoms with E-state index in [9.17, 15) is 4.79 Å². The Morgan fingerprint density at radius 1 is 1.13 bits per heavy atom. The lowest BCUT2D eigenvalue weighted by Crippen LogP contribution is -2.01. The monoisotopic (exact) mass is 424 g/mol. The van der Waals surface area contributed by atoms with E-state index in [0.717, 1.165) is 28.1 Å². The Kier molecular flexibility index (Phi) is 6.63. The topological polar surface area (TPSA) is 53.3 Å². The second-order valence-corrected chi connectivity index (χ2v) is 7.57. The molecule has 156 valence electrons. The fourth-order valence-electron chi connectivity index (χ4n) is 3.28. The zero-order valence-electron chi connectivity index (χ0n) is 17.8. The summed E-state index contributed by atoms with van der Waals surface area (Å²) in [4.78, 5) is 12.7. The molecular weight excluding hydrogens is 400 g/mol. The van der Waals surface area contributed by atoms with Gasteiger partial charge in [-0.1, -0.05) is 29.8 Å². The number of benzene rings is 2. The molecule has 0 aliphatic carbocycles. The summed E-state index contributed by atoms with van der Waals surface area (Å²) in [5.74, 6) is 1.25. The highest BCUT2D eigenvalue weighted by Gasteiger charge is 2.15. The van der Waals surface area contributed by atoms with Gasteiger partial charge in [0.25, 0.3) is 0 Å². The highest BCUT2D eigenvalue weighted by molar-refractivity contribution is 6.32. The lowest BCUT2D eigenvalue weighted by molar-refractivity contribution is 0.104. The summed E-state index contributed by atoms with van der Waals surface area (Å²) in [6, 6.07) is 11.4. The number of methoxy groups -OCH3 is 1. The average Bonchev–Trinajstić information content (AvgIpc) is 2.97. The van der Waals surface area contributed by atoms with Crippen molar-refractivity contribution in [3.8, 4) is 11.5 Å². The molecule has 0 saturated heterocycles.